The zero-order chi connectivity index (χ0) is 13.0. The molecule has 0 heterocycles. The molecule has 94 valence electrons. The van der Waals surface area contributed by atoms with E-state index in [1.54, 1.807) is 13.0 Å². The summed E-state index contributed by atoms with van der Waals surface area (Å²) in [4.78, 5) is 10.8. The van der Waals surface area contributed by atoms with Gasteiger partial charge in [-0.1, -0.05) is 22.0 Å². The van der Waals surface area contributed by atoms with E-state index < -0.39 is 18.2 Å². The molecular weight excluding hydrogens is 288 g/mol. The predicted molar refractivity (Wildman–Crippen MR) is 67.5 cm³/mol. The van der Waals surface area contributed by atoms with Crippen LogP contribution in [0, 0.1) is 6.92 Å². The highest BCUT2D eigenvalue weighted by Gasteiger charge is 2.20. The van der Waals surface area contributed by atoms with E-state index in [-0.39, 0.29) is 5.56 Å². The van der Waals surface area contributed by atoms with E-state index in [4.69, 9.17) is 5.11 Å². The van der Waals surface area contributed by atoms with Gasteiger partial charge in [0.1, 0.15) is 6.10 Å². The Kier molecular flexibility index (Phi) is 5.11. The molecule has 0 amide bonds. The van der Waals surface area contributed by atoms with Crippen molar-refractivity contribution in [2.45, 2.75) is 25.6 Å². The Hall–Kier alpha value is -0.910. The minimum Gasteiger partial charge on any atom is -0.478 e. The molecule has 0 spiro atoms. The molecule has 0 aliphatic rings. The first-order chi connectivity index (χ1) is 7.97. The number of aliphatic hydroxyl groups excluding tert-OH is 2. The summed E-state index contributed by atoms with van der Waals surface area (Å²) >= 11 is 3.18. The first-order valence-corrected chi connectivity index (χ1v) is 6.35. The number of carboxylic acid groups (broad SMARTS) is 1. The lowest BCUT2D eigenvalue weighted by molar-refractivity contribution is 0.0169. The topological polar surface area (TPSA) is 77.8 Å². The summed E-state index contributed by atoms with van der Waals surface area (Å²) < 4.78 is 0. The van der Waals surface area contributed by atoms with Crippen molar-refractivity contribution in [3.63, 3.8) is 0 Å². The molecule has 1 aromatic rings. The SMILES string of the molecule is Cc1ccc(C(=O)O)cc1C(O)C(O)CCBr. The maximum Gasteiger partial charge on any atom is 0.335 e. The quantitative estimate of drug-likeness (QED) is 0.726. The second-order valence-corrected chi connectivity index (χ2v) is 4.66. The van der Waals surface area contributed by atoms with Crippen molar-refractivity contribution in [1.82, 2.24) is 0 Å². The van der Waals surface area contributed by atoms with E-state index in [0.717, 1.165) is 5.56 Å². The van der Waals surface area contributed by atoms with E-state index in [2.05, 4.69) is 15.9 Å². The van der Waals surface area contributed by atoms with Crippen LogP contribution >= 0.6 is 15.9 Å². The second-order valence-electron chi connectivity index (χ2n) is 3.87. The molecule has 0 aliphatic heterocycles. The predicted octanol–water partition coefficient (Wildman–Crippen LogP) is 1.87. The normalized spacial score (nSPS) is 14.4. The molecule has 4 nitrogen and oxygen atoms in total. The summed E-state index contributed by atoms with van der Waals surface area (Å²) in [5.41, 5.74) is 1.32. The van der Waals surface area contributed by atoms with Crippen LogP contribution in [-0.2, 0) is 0 Å². The van der Waals surface area contributed by atoms with Crippen LogP contribution in [-0.4, -0.2) is 32.7 Å². The van der Waals surface area contributed by atoms with Gasteiger partial charge in [-0.05, 0) is 36.6 Å². The average molecular weight is 303 g/mol. The summed E-state index contributed by atoms with van der Waals surface area (Å²) in [5, 5.41) is 29.1. The van der Waals surface area contributed by atoms with Gasteiger partial charge in [0.25, 0.3) is 0 Å². The van der Waals surface area contributed by atoms with Crippen molar-refractivity contribution in [3.05, 3.63) is 34.9 Å². The smallest absolute Gasteiger partial charge is 0.335 e. The van der Waals surface area contributed by atoms with E-state index in [0.29, 0.717) is 17.3 Å². The van der Waals surface area contributed by atoms with Crippen molar-refractivity contribution in [2.24, 2.45) is 0 Å². The van der Waals surface area contributed by atoms with Crippen molar-refractivity contribution in [1.29, 1.82) is 0 Å². The molecule has 17 heavy (non-hydrogen) atoms. The first kappa shape index (κ1) is 14.2. The van der Waals surface area contributed by atoms with Crippen LogP contribution < -0.4 is 0 Å². The summed E-state index contributed by atoms with van der Waals surface area (Å²) in [6.07, 6.45) is -1.57. The van der Waals surface area contributed by atoms with Crippen molar-refractivity contribution in [2.75, 3.05) is 5.33 Å². The number of rotatable bonds is 5. The Labute approximate surface area is 108 Å². The Balaban J connectivity index is 3.03. The van der Waals surface area contributed by atoms with Gasteiger partial charge in [-0.2, -0.15) is 0 Å². The van der Waals surface area contributed by atoms with Crippen LogP contribution in [0.5, 0.6) is 0 Å². The van der Waals surface area contributed by atoms with Crippen molar-refractivity contribution < 1.29 is 20.1 Å². The monoisotopic (exact) mass is 302 g/mol. The third kappa shape index (κ3) is 3.52. The van der Waals surface area contributed by atoms with Crippen LogP contribution in [0.15, 0.2) is 18.2 Å². The Morgan fingerprint density at radius 3 is 2.59 bits per heavy atom. The van der Waals surface area contributed by atoms with E-state index in [1.807, 2.05) is 0 Å². The number of aliphatic hydroxyl groups is 2. The number of halogens is 1. The highest BCUT2D eigenvalue weighted by atomic mass is 79.9. The van der Waals surface area contributed by atoms with E-state index in [1.165, 1.54) is 12.1 Å². The van der Waals surface area contributed by atoms with Gasteiger partial charge in [0.05, 0.1) is 11.7 Å². The number of benzene rings is 1. The Morgan fingerprint density at radius 1 is 1.41 bits per heavy atom. The number of carboxylic acids is 1. The minimum atomic E-state index is -1.06. The number of aryl methyl sites for hydroxylation is 1. The van der Waals surface area contributed by atoms with Gasteiger partial charge in [-0.15, -0.1) is 0 Å². The lowest BCUT2D eigenvalue weighted by atomic mass is 9.96. The van der Waals surface area contributed by atoms with Crippen LogP contribution in [0.2, 0.25) is 0 Å². The molecule has 0 radical (unpaired) electrons. The van der Waals surface area contributed by atoms with Gasteiger partial charge < -0.3 is 15.3 Å². The lowest BCUT2D eigenvalue weighted by Gasteiger charge is -2.19. The average Bonchev–Trinajstić information content (AvgIpc) is 2.28. The maximum absolute atomic E-state index is 10.8. The molecule has 1 rings (SSSR count). The standard InChI is InChI=1S/C12H15BrO4/c1-7-2-3-8(12(16)17)6-9(7)11(15)10(14)4-5-13/h2-3,6,10-11,14-15H,4-5H2,1H3,(H,16,17). The van der Waals surface area contributed by atoms with Crippen molar-refractivity contribution >= 4 is 21.9 Å². The molecule has 0 saturated heterocycles. The van der Waals surface area contributed by atoms with Gasteiger partial charge in [0.15, 0.2) is 0 Å². The highest BCUT2D eigenvalue weighted by molar-refractivity contribution is 9.09. The van der Waals surface area contributed by atoms with Gasteiger partial charge in [-0.3, -0.25) is 0 Å². The zero-order valence-corrected chi connectivity index (χ0v) is 11.0. The van der Waals surface area contributed by atoms with Gasteiger partial charge in [-0.25, -0.2) is 4.79 Å². The summed E-state index contributed by atoms with van der Waals surface area (Å²) in [6.45, 7) is 1.77. The van der Waals surface area contributed by atoms with Crippen LogP contribution in [0.25, 0.3) is 0 Å². The van der Waals surface area contributed by atoms with Crippen LogP contribution in [0.1, 0.15) is 34.0 Å². The molecule has 5 heteroatoms. The number of carbonyl (C=O) groups is 1. The lowest BCUT2D eigenvalue weighted by Crippen LogP contribution is -2.20. The summed E-state index contributed by atoms with van der Waals surface area (Å²) in [5.74, 6) is -1.05. The fraction of sp³-hybridized carbons (Fsp3) is 0.417. The van der Waals surface area contributed by atoms with E-state index in [9.17, 15) is 15.0 Å². The zero-order valence-electron chi connectivity index (χ0n) is 9.43. The summed E-state index contributed by atoms with van der Waals surface area (Å²) in [7, 11) is 0. The second kappa shape index (κ2) is 6.14. The largest absolute Gasteiger partial charge is 0.478 e. The Morgan fingerprint density at radius 2 is 2.06 bits per heavy atom. The number of hydrogen-bond donors (Lipinski definition) is 3. The fourth-order valence-corrected chi connectivity index (χ4v) is 2.04. The van der Waals surface area contributed by atoms with Gasteiger partial charge >= 0.3 is 5.97 Å². The van der Waals surface area contributed by atoms with Gasteiger partial charge in [0, 0.05) is 5.33 Å². The maximum atomic E-state index is 10.8. The molecule has 0 aromatic heterocycles. The highest BCUT2D eigenvalue weighted by Crippen LogP contribution is 2.24. The molecular formula is C12H15BrO4. The number of aromatic carboxylic acids is 1. The Bertz CT molecular complexity index is 405. The first-order valence-electron chi connectivity index (χ1n) is 5.23. The molecule has 0 saturated carbocycles. The minimum absolute atomic E-state index is 0.107. The molecule has 0 aliphatic carbocycles. The number of hydrogen-bond acceptors (Lipinski definition) is 3. The third-order valence-electron chi connectivity index (χ3n) is 2.61. The van der Waals surface area contributed by atoms with Gasteiger partial charge in [0.2, 0.25) is 0 Å². The third-order valence-corrected chi connectivity index (χ3v) is 3.07. The molecule has 1 aromatic carbocycles. The molecule has 3 N–H and O–H groups in total. The van der Waals surface area contributed by atoms with Crippen LogP contribution in [0.3, 0.4) is 0 Å². The van der Waals surface area contributed by atoms with E-state index >= 15 is 0 Å². The number of alkyl halides is 1. The summed E-state index contributed by atoms with van der Waals surface area (Å²) in [6, 6.07) is 4.51. The van der Waals surface area contributed by atoms with Crippen molar-refractivity contribution in [3.8, 4) is 0 Å². The molecule has 2 atom stereocenters. The molecule has 0 bridgehead atoms. The molecule has 0 fully saturated rings. The fourth-order valence-electron chi connectivity index (χ4n) is 1.57. The van der Waals surface area contributed by atoms with Crippen LogP contribution in [0.4, 0.5) is 0 Å². The molecule has 2 unspecified atom stereocenters.